The lowest BCUT2D eigenvalue weighted by atomic mass is 10.3. The number of carbonyl (C=O) groups is 1. The summed E-state index contributed by atoms with van der Waals surface area (Å²) in [6, 6.07) is 0. The molecule has 1 aliphatic carbocycles. The minimum absolute atomic E-state index is 0.0648. The summed E-state index contributed by atoms with van der Waals surface area (Å²) in [5.74, 6) is -0.937. The van der Waals surface area contributed by atoms with Crippen LogP contribution in [0.2, 0.25) is 0 Å². The van der Waals surface area contributed by atoms with Crippen molar-refractivity contribution in [3.05, 3.63) is 23.9 Å². The Morgan fingerprint density at radius 2 is 2.38 bits per heavy atom. The van der Waals surface area contributed by atoms with Crippen molar-refractivity contribution in [2.45, 2.75) is 6.42 Å². The number of hydrogen-bond donors (Lipinski definition) is 1. The SMILES string of the molecule is CN=C(C(=O)O)N(C)C1=CC=CC1. The fourth-order valence-electron chi connectivity index (χ4n) is 1.21. The molecule has 0 atom stereocenters. The number of allylic oxidation sites excluding steroid dienone is 3. The number of likely N-dealkylation sites (N-methyl/N-ethyl adjacent to an activating group) is 1. The van der Waals surface area contributed by atoms with Crippen LogP contribution in [0.4, 0.5) is 0 Å². The third-order valence-electron chi connectivity index (χ3n) is 1.90. The molecule has 0 bridgehead atoms. The maximum atomic E-state index is 10.7. The van der Waals surface area contributed by atoms with Gasteiger partial charge in [0.25, 0.3) is 0 Å². The van der Waals surface area contributed by atoms with Crippen LogP contribution in [0.25, 0.3) is 0 Å². The van der Waals surface area contributed by atoms with Crippen LogP contribution < -0.4 is 0 Å². The van der Waals surface area contributed by atoms with E-state index in [9.17, 15) is 4.79 Å². The van der Waals surface area contributed by atoms with E-state index in [0.717, 1.165) is 12.1 Å². The zero-order valence-corrected chi connectivity index (χ0v) is 7.69. The Hall–Kier alpha value is -1.58. The van der Waals surface area contributed by atoms with Crippen LogP contribution in [0, 0.1) is 0 Å². The van der Waals surface area contributed by atoms with Gasteiger partial charge in [0.1, 0.15) is 0 Å². The molecule has 0 fully saturated rings. The highest BCUT2D eigenvalue weighted by Gasteiger charge is 2.17. The third kappa shape index (κ3) is 1.96. The first-order valence-corrected chi connectivity index (χ1v) is 3.96. The van der Waals surface area contributed by atoms with Gasteiger partial charge in [0.05, 0.1) is 0 Å². The third-order valence-corrected chi connectivity index (χ3v) is 1.90. The van der Waals surface area contributed by atoms with E-state index in [2.05, 4.69) is 4.99 Å². The van der Waals surface area contributed by atoms with Gasteiger partial charge in [-0.3, -0.25) is 4.99 Å². The lowest BCUT2D eigenvalue weighted by molar-refractivity contribution is -0.130. The van der Waals surface area contributed by atoms with Gasteiger partial charge in [-0.1, -0.05) is 12.2 Å². The summed E-state index contributed by atoms with van der Waals surface area (Å²) in [4.78, 5) is 16.0. The molecule has 0 radical (unpaired) electrons. The van der Waals surface area contributed by atoms with Crippen LogP contribution in [0.5, 0.6) is 0 Å². The van der Waals surface area contributed by atoms with Gasteiger partial charge in [0.15, 0.2) is 0 Å². The molecule has 0 amide bonds. The van der Waals surface area contributed by atoms with Crippen LogP contribution >= 0.6 is 0 Å². The zero-order valence-electron chi connectivity index (χ0n) is 7.69. The average molecular weight is 180 g/mol. The Morgan fingerprint density at radius 1 is 1.69 bits per heavy atom. The fourth-order valence-corrected chi connectivity index (χ4v) is 1.21. The number of aliphatic imine (C=N–C) groups is 1. The molecule has 4 nitrogen and oxygen atoms in total. The highest BCUT2D eigenvalue weighted by atomic mass is 16.4. The summed E-state index contributed by atoms with van der Waals surface area (Å²) >= 11 is 0. The number of rotatable bonds is 1. The van der Waals surface area contributed by atoms with E-state index in [-0.39, 0.29) is 5.84 Å². The molecule has 0 aromatic rings. The van der Waals surface area contributed by atoms with Crippen molar-refractivity contribution >= 4 is 11.8 Å². The van der Waals surface area contributed by atoms with Gasteiger partial charge in [0, 0.05) is 26.2 Å². The van der Waals surface area contributed by atoms with Gasteiger partial charge in [-0.2, -0.15) is 0 Å². The number of aliphatic carboxylic acids is 1. The first kappa shape index (κ1) is 9.51. The van der Waals surface area contributed by atoms with E-state index < -0.39 is 5.97 Å². The molecule has 0 unspecified atom stereocenters. The molecule has 70 valence electrons. The van der Waals surface area contributed by atoms with Gasteiger partial charge < -0.3 is 10.0 Å². The van der Waals surface area contributed by atoms with Crippen LogP contribution in [0.3, 0.4) is 0 Å². The van der Waals surface area contributed by atoms with Crippen LogP contribution in [-0.4, -0.2) is 35.9 Å². The molecule has 1 N–H and O–H groups in total. The number of amidine groups is 1. The number of carboxylic acid groups (broad SMARTS) is 1. The second-order valence-electron chi connectivity index (χ2n) is 2.70. The molecular weight excluding hydrogens is 168 g/mol. The number of nitrogens with zero attached hydrogens (tertiary/aromatic N) is 2. The van der Waals surface area contributed by atoms with Gasteiger partial charge >= 0.3 is 5.97 Å². The first-order valence-electron chi connectivity index (χ1n) is 3.96. The highest BCUT2D eigenvalue weighted by molar-refractivity contribution is 6.34. The standard InChI is InChI=1S/C9H12N2O2/c1-10-8(9(12)13)11(2)7-5-3-4-6-7/h3-5H,6H2,1-2H3,(H,12,13). The summed E-state index contributed by atoms with van der Waals surface area (Å²) in [5.41, 5.74) is 0.947. The lowest BCUT2D eigenvalue weighted by Crippen LogP contribution is -2.32. The highest BCUT2D eigenvalue weighted by Crippen LogP contribution is 2.14. The Kier molecular flexibility index (Phi) is 2.84. The molecule has 1 rings (SSSR count). The second-order valence-corrected chi connectivity index (χ2v) is 2.70. The second kappa shape index (κ2) is 3.89. The molecule has 13 heavy (non-hydrogen) atoms. The Balaban J connectivity index is 2.77. The van der Waals surface area contributed by atoms with E-state index in [0.29, 0.717) is 0 Å². The van der Waals surface area contributed by atoms with Crippen molar-refractivity contribution in [3.8, 4) is 0 Å². The van der Waals surface area contributed by atoms with Crippen molar-refractivity contribution in [2.75, 3.05) is 14.1 Å². The van der Waals surface area contributed by atoms with E-state index in [1.165, 1.54) is 7.05 Å². The van der Waals surface area contributed by atoms with E-state index in [1.807, 2.05) is 18.2 Å². The van der Waals surface area contributed by atoms with Crippen LogP contribution in [-0.2, 0) is 4.79 Å². The first-order chi connectivity index (χ1) is 6.16. The summed E-state index contributed by atoms with van der Waals surface area (Å²) in [7, 11) is 3.18. The molecule has 0 aromatic carbocycles. The molecule has 0 spiro atoms. The van der Waals surface area contributed by atoms with Crippen molar-refractivity contribution in [1.29, 1.82) is 0 Å². The lowest BCUT2D eigenvalue weighted by Gasteiger charge is -2.18. The molecule has 0 saturated carbocycles. The maximum absolute atomic E-state index is 10.7. The van der Waals surface area contributed by atoms with Crippen molar-refractivity contribution in [1.82, 2.24) is 4.90 Å². The van der Waals surface area contributed by atoms with Crippen molar-refractivity contribution in [2.24, 2.45) is 4.99 Å². The van der Waals surface area contributed by atoms with E-state index in [4.69, 9.17) is 5.11 Å². The predicted molar refractivity (Wildman–Crippen MR) is 50.6 cm³/mol. The fraction of sp³-hybridized carbons (Fsp3) is 0.333. The van der Waals surface area contributed by atoms with Crippen molar-refractivity contribution < 1.29 is 9.90 Å². The Morgan fingerprint density at radius 3 is 2.77 bits per heavy atom. The molecule has 0 saturated heterocycles. The van der Waals surface area contributed by atoms with Gasteiger partial charge in [-0.25, -0.2) is 4.79 Å². The molecular formula is C9H12N2O2. The minimum Gasteiger partial charge on any atom is -0.475 e. The van der Waals surface area contributed by atoms with Crippen LogP contribution in [0.1, 0.15) is 6.42 Å². The summed E-state index contributed by atoms with van der Waals surface area (Å²) < 4.78 is 0. The summed E-state index contributed by atoms with van der Waals surface area (Å²) in [6.45, 7) is 0. The topological polar surface area (TPSA) is 52.9 Å². The largest absolute Gasteiger partial charge is 0.475 e. The average Bonchev–Trinajstić information content (AvgIpc) is 2.56. The zero-order chi connectivity index (χ0) is 9.84. The van der Waals surface area contributed by atoms with Gasteiger partial charge in [-0.15, -0.1) is 0 Å². The quantitative estimate of drug-likeness (QED) is 0.481. The maximum Gasteiger partial charge on any atom is 0.371 e. The predicted octanol–water partition coefficient (Wildman–Crippen LogP) is 0.875. The monoisotopic (exact) mass is 180 g/mol. The molecule has 0 aromatic heterocycles. The minimum atomic E-state index is -1.00. The number of carboxylic acids is 1. The summed E-state index contributed by atoms with van der Waals surface area (Å²) in [5, 5.41) is 8.78. The van der Waals surface area contributed by atoms with E-state index >= 15 is 0 Å². The Bertz CT molecular complexity index is 303. The normalized spacial score (nSPS) is 15.8. The molecule has 0 aliphatic heterocycles. The van der Waals surface area contributed by atoms with Crippen molar-refractivity contribution in [3.63, 3.8) is 0 Å². The summed E-state index contributed by atoms with van der Waals surface area (Å²) in [6.07, 6.45) is 6.53. The molecule has 1 aliphatic rings. The van der Waals surface area contributed by atoms with E-state index in [1.54, 1.807) is 11.9 Å². The van der Waals surface area contributed by atoms with Gasteiger partial charge in [0.2, 0.25) is 5.84 Å². The Labute approximate surface area is 76.9 Å². The van der Waals surface area contributed by atoms with Crippen LogP contribution in [0.15, 0.2) is 28.9 Å². The van der Waals surface area contributed by atoms with Gasteiger partial charge in [-0.05, 0) is 6.08 Å². The number of hydrogen-bond acceptors (Lipinski definition) is 2. The molecule has 0 heterocycles. The molecule has 4 heteroatoms. The smallest absolute Gasteiger partial charge is 0.371 e.